The van der Waals surface area contributed by atoms with Crippen LogP contribution >= 0.6 is 11.3 Å². The summed E-state index contributed by atoms with van der Waals surface area (Å²) >= 11 is 1.73. The lowest BCUT2D eigenvalue weighted by molar-refractivity contribution is -0.132. The second-order valence-electron chi connectivity index (χ2n) is 8.86. The minimum absolute atomic E-state index is 0.149. The summed E-state index contributed by atoms with van der Waals surface area (Å²) in [6, 6.07) is 15.1. The number of carbonyl (C=O) groups is 1. The van der Waals surface area contributed by atoms with Gasteiger partial charge in [0.2, 0.25) is 15.9 Å². The molecule has 0 aliphatic carbocycles. The Labute approximate surface area is 204 Å². The Morgan fingerprint density at radius 3 is 2.59 bits per heavy atom. The quantitative estimate of drug-likeness (QED) is 0.517. The number of para-hydroxylation sites is 1. The SMILES string of the molecule is O=C(CCc1ccc(S(=O)(=O)N2CCOCC2)cc1)N1CCC[C@@H](c2nc3ccccc3s2)C1. The summed E-state index contributed by atoms with van der Waals surface area (Å²) in [4.78, 5) is 20.0. The van der Waals surface area contributed by atoms with E-state index in [0.717, 1.165) is 42.0 Å². The van der Waals surface area contributed by atoms with Crippen molar-refractivity contribution in [3.8, 4) is 0 Å². The van der Waals surface area contributed by atoms with Crippen LogP contribution in [0, 0.1) is 0 Å². The predicted molar refractivity (Wildman–Crippen MR) is 133 cm³/mol. The molecule has 9 heteroatoms. The molecule has 2 aromatic carbocycles. The Kier molecular flexibility index (Phi) is 6.96. The molecule has 2 aliphatic rings. The van der Waals surface area contributed by atoms with Gasteiger partial charge in [0, 0.05) is 38.5 Å². The number of nitrogens with zero attached hydrogens (tertiary/aromatic N) is 3. The fourth-order valence-corrected chi connectivity index (χ4v) is 7.14. The first-order valence-corrected chi connectivity index (χ1v) is 14.1. The lowest BCUT2D eigenvalue weighted by atomic mass is 9.98. The summed E-state index contributed by atoms with van der Waals surface area (Å²) in [5.74, 6) is 0.440. The van der Waals surface area contributed by atoms with Crippen LogP contribution in [0.15, 0.2) is 53.4 Å². The molecular weight excluding hydrogens is 470 g/mol. The molecule has 2 fully saturated rings. The number of hydrogen-bond acceptors (Lipinski definition) is 6. The van der Waals surface area contributed by atoms with Crippen molar-refractivity contribution >= 4 is 37.5 Å². The average Bonchev–Trinajstić information content (AvgIpc) is 3.33. The molecule has 1 atom stereocenters. The van der Waals surface area contributed by atoms with Crippen LogP contribution in [0.25, 0.3) is 10.2 Å². The Morgan fingerprint density at radius 2 is 1.82 bits per heavy atom. The van der Waals surface area contributed by atoms with E-state index in [9.17, 15) is 13.2 Å². The fourth-order valence-electron chi connectivity index (χ4n) is 4.64. The van der Waals surface area contributed by atoms with Crippen molar-refractivity contribution in [2.24, 2.45) is 0 Å². The standard InChI is InChI=1S/C25H29N3O4S2/c29-24(27-13-3-4-20(18-27)25-26-22-5-1-2-6-23(22)33-25)12-9-19-7-10-21(11-8-19)34(30,31)28-14-16-32-17-15-28/h1-2,5-8,10-11,20H,3-4,9,12-18H2/t20-/m1/s1. The number of rotatable bonds is 6. The maximum atomic E-state index is 12.9. The number of morpholine rings is 1. The zero-order chi connectivity index (χ0) is 23.5. The molecule has 180 valence electrons. The van der Waals surface area contributed by atoms with Crippen LogP contribution in [0.5, 0.6) is 0 Å². The number of likely N-dealkylation sites (tertiary alicyclic amines) is 1. The molecule has 7 nitrogen and oxygen atoms in total. The molecule has 2 aliphatic heterocycles. The molecule has 1 amide bonds. The van der Waals surface area contributed by atoms with Gasteiger partial charge in [-0.25, -0.2) is 13.4 Å². The van der Waals surface area contributed by atoms with Gasteiger partial charge in [0.05, 0.1) is 33.3 Å². The van der Waals surface area contributed by atoms with E-state index in [4.69, 9.17) is 9.72 Å². The Morgan fingerprint density at radius 1 is 1.06 bits per heavy atom. The van der Waals surface area contributed by atoms with Gasteiger partial charge in [-0.2, -0.15) is 4.31 Å². The van der Waals surface area contributed by atoms with Gasteiger partial charge in [-0.15, -0.1) is 11.3 Å². The van der Waals surface area contributed by atoms with Crippen molar-refractivity contribution in [3.05, 3.63) is 59.1 Å². The molecule has 0 N–H and O–H groups in total. The molecule has 0 unspecified atom stereocenters. The maximum Gasteiger partial charge on any atom is 0.243 e. The molecular formula is C25H29N3O4S2. The molecule has 3 aromatic rings. The molecule has 0 saturated carbocycles. The van der Waals surface area contributed by atoms with Gasteiger partial charge in [-0.1, -0.05) is 24.3 Å². The highest BCUT2D eigenvalue weighted by Gasteiger charge is 2.28. The molecule has 1 aromatic heterocycles. The first-order chi connectivity index (χ1) is 16.5. The second-order valence-corrected chi connectivity index (χ2v) is 11.9. The number of aromatic nitrogens is 1. The highest BCUT2D eigenvalue weighted by molar-refractivity contribution is 7.89. The highest BCUT2D eigenvalue weighted by atomic mass is 32.2. The molecule has 0 bridgehead atoms. The van der Waals surface area contributed by atoms with E-state index in [0.29, 0.717) is 50.0 Å². The minimum atomic E-state index is -3.50. The van der Waals surface area contributed by atoms with Crippen molar-refractivity contribution in [3.63, 3.8) is 0 Å². The number of ether oxygens (including phenoxy) is 1. The van der Waals surface area contributed by atoms with Crippen LogP contribution in [0.4, 0.5) is 0 Å². The van der Waals surface area contributed by atoms with Crippen LogP contribution in [0.1, 0.15) is 35.8 Å². The van der Waals surface area contributed by atoms with E-state index < -0.39 is 10.0 Å². The van der Waals surface area contributed by atoms with Crippen LogP contribution in [0.3, 0.4) is 0 Å². The lowest BCUT2D eigenvalue weighted by Gasteiger charge is -2.32. The van der Waals surface area contributed by atoms with Crippen LogP contribution in [-0.4, -0.2) is 67.9 Å². The Bertz CT molecular complexity index is 1220. The molecule has 34 heavy (non-hydrogen) atoms. The van der Waals surface area contributed by atoms with Gasteiger partial charge < -0.3 is 9.64 Å². The Hall–Kier alpha value is -2.33. The summed E-state index contributed by atoms with van der Waals surface area (Å²) in [6.45, 7) is 3.12. The van der Waals surface area contributed by atoms with Gasteiger partial charge in [0.15, 0.2) is 0 Å². The minimum Gasteiger partial charge on any atom is -0.379 e. The Balaban J connectivity index is 1.17. The van der Waals surface area contributed by atoms with Gasteiger partial charge in [-0.3, -0.25) is 4.79 Å². The number of thiazole rings is 1. The van der Waals surface area contributed by atoms with Crippen molar-refractivity contribution in [1.29, 1.82) is 0 Å². The third kappa shape index (κ3) is 5.02. The monoisotopic (exact) mass is 499 g/mol. The smallest absolute Gasteiger partial charge is 0.243 e. The average molecular weight is 500 g/mol. The topological polar surface area (TPSA) is 79.8 Å². The number of hydrogen-bond donors (Lipinski definition) is 0. The summed E-state index contributed by atoms with van der Waals surface area (Å²) in [7, 11) is -3.50. The van der Waals surface area contributed by atoms with Gasteiger partial charge in [0.1, 0.15) is 0 Å². The maximum absolute atomic E-state index is 12.9. The van der Waals surface area contributed by atoms with E-state index in [1.807, 2.05) is 35.2 Å². The number of fused-ring (bicyclic) bond motifs is 1. The van der Waals surface area contributed by atoms with Crippen molar-refractivity contribution in [2.45, 2.75) is 36.5 Å². The van der Waals surface area contributed by atoms with E-state index in [1.165, 1.54) is 9.01 Å². The normalized spacial score (nSPS) is 20.0. The summed E-state index contributed by atoms with van der Waals surface area (Å²) in [6.07, 6.45) is 3.06. The molecule has 3 heterocycles. The van der Waals surface area contributed by atoms with Crippen molar-refractivity contribution in [1.82, 2.24) is 14.2 Å². The number of aryl methyl sites for hydroxylation is 1. The van der Waals surface area contributed by atoms with Gasteiger partial charge >= 0.3 is 0 Å². The summed E-state index contributed by atoms with van der Waals surface area (Å²) < 4.78 is 33.5. The first kappa shape index (κ1) is 23.4. The molecule has 0 radical (unpaired) electrons. The fraction of sp³-hybridized carbons (Fsp3) is 0.440. The number of carbonyl (C=O) groups excluding carboxylic acids is 1. The third-order valence-electron chi connectivity index (χ3n) is 6.59. The van der Waals surface area contributed by atoms with Gasteiger partial charge in [-0.05, 0) is 49.1 Å². The van der Waals surface area contributed by atoms with Crippen LogP contribution < -0.4 is 0 Å². The second kappa shape index (κ2) is 10.1. The zero-order valence-electron chi connectivity index (χ0n) is 19.1. The first-order valence-electron chi connectivity index (χ1n) is 11.8. The predicted octanol–water partition coefficient (Wildman–Crippen LogP) is 3.66. The number of piperidine rings is 1. The molecule has 2 saturated heterocycles. The lowest BCUT2D eigenvalue weighted by Crippen LogP contribution is -2.40. The number of sulfonamides is 1. The number of amides is 1. The summed E-state index contributed by atoms with van der Waals surface area (Å²) in [5.41, 5.74) is 2.00. The van der Waals surface area contributed by atoms with E-state index >= 15 is 0 Å². The van der Waals surface area contributed by atoms with E-state index in [2.05, 4.69) is 6.07 Å². The van der Waals surface area contributed by atoms with Crippen molar-refractivity contribution < 1.29 is 17.9 Å². The van der Waals surface area contributed by atoms with Crippen LogP contribution in [0.2, 0.25) is 0 Å². The molecule has 5 rings (SSSR count). The largest absolute Gasteiger partial charge is 0.379 e. The zero-order valence-corrected chi connectivity index (χ0v) is 20.7. The molecule has 0 spiro atoms. The third-order valence-corrected chi connectivity index (χ3v) is 9.70. The van der Waals surface area contributed by atoms with E-state index in [1.54, 1.807) is 23.5 Å². The highest BCUT2D eigenvalue weighted by Crippen LogP contribution is 2.33. The van der Waals surface area contributed by atoms with Crippen LogP contribution in [-0.2, 0) is 26.0 Å². The summed E-state index contributed by atoms with van der Waals surface area (Å²) in [5, 5.41) is 1.12. The number of benzene rings is 2. The van der Waals surface area contributed by atoms with E-state index in [-0.39, 0.29) is 5.91 Å². The van der Waals surface area contributed by atoms with Crippen molar-refractivity contribution in [2.75, 3.05) is 39.4 Å². The van der Waals surface area contributed by atoms with Gasteiger partial charge in [0.25, 0.3) is 0 Å².